The first kappa shape index (κ1) is 76.4. The van der Waals surface area contributed by atoms with Gasteiger partial charge in [0.05, 0.1) is 0 Å². The fourth-order valence-electron chi connectivity index (χ4n) is 10.5. The van der Waals surface area contributed by atoms with Crippen LogP contribution in [0.4, 0.5) is 0 Å². The van der Waals surface area contributed by atoms with Crippen molar-refractivity contribution in [2.75, 3.05) is 13.2 Å². The van der Waals surface area contributed by atoms with E-state index in [1.807, 2.05) is 0 Å². The minimum Gasteiger partial charge on any atom is -0.462 e. The van der Waals surface area contributed by atoms with Crippen molar-refractivity contribution in [2.45, 2.75) is 386 Å². The number of hydrogen-bond donors (Lipinski definition) is 0. The van der Waals surface area contributed by atoms with Gasteiger partial charge >= 0.3 is 17.9 Å². The van der Waals surface area contributed by atoms with Crippen LogP contribution in [0.15, 0.2) is 48.6 Å². The molecule has 0 aromatic heterocycles. The van der Waals surface area contributed by atoms with Crippen LogP contribution in [-0.4, -0.2) is 37.2 Å². The molecule has 1 atom stereocenters. The SMILES string of the molecule is CCCCCC/C=C\CCCCCCCC(=O)OCC(COC(=O)CCCCCCCCCCCC/C=C\C/C=C\C/C=C\CCCCCCC)OC(=O)CCCCCCCCCCCCCCCCCCCCCCCCC. The largest absolute Gasteiger partial charge is 0.462 e. The molecule has 0 bridgehead atoms. The molecule has 79 heavy (non-hydrogen) atoms. The van der Waals surface area contributed by atoms with Gasteiger partial charge in [0, 0.05) is 19.3 Å². The van der Waals surface area contributed by atoms with E-state index < -0.39 is 6.10 Å². The molecule has 0 aromatic rings. The van der Waals surface area contributed by atoms with Crippen LogP contribution >= 0.6 is 0 Å². The lowest BCUT2D eigenvalue weighted by molar-refractivity contribution is -0.167. The standard InChI is InChI=1S/C73H134O6/c1-4-7-10-13-16-19-22-25-27-29-31-33-35-36-38-39-41-43-45-48-51-54-57-60-63-66-72(75)78-69-70(68-77-71(74)65-62-59-56-53-50-47-24-21-18-15-12-9-6-3)79-73(76)67-64-61-58-55-52-49-46-44-42-40-37-34-32-30-28-26-23-20-17-14-11-8-5-2/h21-22,24-25,29,31,35-36,70H,4-20,23,26-28,30,32-34,37-69H2,1-3H3/b24-21-,25-22-,31-29-,36-35-. The molecule has 0 heterocycles. The molecule has 0 aliphatic carbocycles. The highest BCUT2D eigenvalue weighted by Crippen LogP contribution is 2.18. The molecule has 1 unspecified atom stereocenters. The zero-order chi connectivity index (χ0) is 57.1. The van der Waals surface area contributed by atoms with Crippen LogP contribution in [0.3, 0.4) is 0 Å². The molecule has 6 nitrogen and oxygen atoms in total. The van der Waals surface area contributed by atoms with Crippen LogP contribution in [0.25, 0.3) is 0 Å². The van der Waals surface area contributed by atoms with Crippen molar-refractivity contribution in [2.24, 2.45) is 0 Å². The zero-order valence-corrected chi connectivity index (χ0v) is 53.2. The summed E-state index contributed by atoms with van der Waals surface area (Å²) in [4.78, 5) is 38.4. The van der Waals surface area contributed by atoms with E-state index in [0.717, 1.165) is 77.0 Å². The van der Waals surface area contributed by atoms with E-state index in [-0.39, 0.29) is 31.1 Å². The average molecular weight is 1110 g/mol. The normalized spacial score (nSPS) is 12.3. The summed E-state index contributed by atoms with van der Waals surface area (Å²) in [5.41, 5.74) is 0. The second kappa shape index (κ2) is 67.9. The minimum absolute atomic E-state index is 0.0739. The highest BCUT2D eigenvalue weighted by molar-refractivity contribution is 5.71. The van der Waals surface area contributed by atoms with E-state index in [1.165, 1.54) is 263 Å². The molecule has 0 aliphatic rings. The van der Waals surface area contributed by atoms with E-state index in [9.17, 15) is 14.4 Å². The van der Waals surface area contributed by atoms with Crippen LogP contribution in [0.2, 0.25) is 0 Å². The van der Waals surface area contributed by atoms with E-state index in [0.29, 0.717) is 19.3 Å². The van der Waals surface area contributed by atoms with Gasteiger partial charge in [-0.2, -0.15) is 0 Å². The molecule has 6 heteroatoms. The Labute approximate surface area is 492 Å². The minimum atomic E-state index is -0.777. The van der Waals surface area contributed by atoms with Crippen molar-refractivity contribution in [3.05, 3.63) is 48.6 Å². The summed E-state index contributed by atoms with van der Waals surface area (Å²) in [5, 5.41) is 0. The van der Waals surface area contributed by atoms with E-state index in [4.69, 9.17) is 14.2 Å². The third kappa shape index (κ3) is 66.1. The molecule has 0 aliphatic heterocycles. The predicted octanol–water partition coefficient (Wildman–Crippen LogP) is 24.1. The monoisotopic (exact) mass is 1110 g/mol. The molecule has 0 radical (unpaired) electrons. The second-order valence-corrected chi connectivity index (χ2v) is 23.8. The van der Waals surface area contributed by atoms with Gasteiger partial charge in [-0.1, -0.05) is 326 Å². The van der Waals surface area contributed by atoms with Gasteiger partial charge in [-0.25, -0.2) is 0 Å². The topological polar surface area (TPSA) is 78.9 Å². The van der Waals surface area contributed by atoms with Crippen molar-refractivity contribution >= 4 is 17.9 Å². The second-order valence-electron chi connectivity index (χ2n) is 23.8. The number of ether oxygens (including phenoxy) is 3. The number of rotatable bonds is 65. The number of hydrogen-bond acceptors (Lipinski definition) is 6. The van der Waals surface area contributed by atoms with Gasteiger partial charge in [-0.05, 0) is 83.5 Å². The summed E-state index contributed by atoms with van der Waals surface area (Å²) in [5.74, 6) is -0.861. The average Bonchev–Trinajstić information content (AvgIpc) is 3.45. The Kier molecular flexibility index (Phi) is 65.6. The Morgan fingerprint density at radius 2 is 0.456 bits per heavy atom. The summed E-state index contributed by atoms with van der Waals surface area (Å²) in [7, 11) is 0. The smallest absolute Gasteiger partial charge is 0.306 e. The van der Waals surface area contributed by atoms with Gasteiger partial charge in [0.1, 0.15) is 13.2 Å². The van der Waals surface area contributed by atoms with E-state index in [2.05, 4.69) is 69.4 Å². The first-order chi connectivity index (χ1) is 39.0. The van der Waals surface area contributed by atoms with Gasteiger partial charge in [0.25, 0.3) is 0 Å². The van der Waals surface area contributed by atoms with Gasteiger partial charge in [0.15, 0.2) is 6.10 Å². The summed E-state index contributed by atoms with van der Waals surface area (Å²) in [6.45, 7) is 6.67. The Hall–Kier alpha value is -2.63. The maximum atomic E-state index is 12.9. The molecule has 0 saturated heterocycles. The van der Waals surface area contributed by atoms with Crippen LogP contribution in [0.1, 0.15) is 380 Å². The molecular weight excluding hydrogens is 973 g/mol. The Morgan fingerprint density at radius 3 is 0.734 bits per heavy atom. The lowest BCUT2D eigenvalue weighted by atomic mass is 10.0. The molecule has 0 amide bonds. The zero-order valence-electron chi connectivity index (χ0n) is 53.2. The van der Waals surface area contributed by atoms with Crippen LogP contribution < -0.4 is 0 Å². The fraction of sp³-hybridized carbons (Fsp3) is 0.849. The molecular formula is C73H134O6. The van der Waals surface area contributed by atoms with Crippen molar-refractivity contribution in [1.29, 1.82) is 0 Å². The van der Waals surface area contributed by atoms with Gasteiger partial charge < -0.3 is 14.2 Å². The first-order valence-electron chi connectivity index (χ1n) is 35.1. The highest BCUT2D eigenvalue weighted by atomic mass is 16.6. The third-order valence-electron chi connectivity index (χ3n) is 15.8. The van der Waals surface area contributed by atoms with Crippen LogP contribution in [0.5, 0.6) is 0 Å². The van der Waals surface area contributed by atoms with Crippen molar-refractivity contribution in [1.82, 2.24) is 0 Å². The van der Waals surface area contributed by atoms with Gasteiger partial charge in [-0.15, -0.1) is 0 Å². The maximum Gasteiger partial charge on any atom is 0.306 e. The van der Waals surface area contributed by atoms with Crippen LogP contribution in [0, 0.1) is 0 Å². The lowest BCUT2D eigenvalue weighted by Crippen LogP contribution is -2.30. The molecule has 0 saturated carbocycles. The third-order valence-corrected chi connectivity index (χ3v) is 15.8. The lowest BCUT2D eigenvalue weighted by Gasteiger charge is -2.18. The van der Waals surface area contributed by atoms with E-state index >= 15 is 0 Å². The first-order valence-corrected chi connectivity index (χ1v) is 35.1. The Bertz CT molecular complexity index is 1360. The molecule has 0 aromatic carbocycles. The van der Waals surface area contributed by atoms with Crippen molar-refractivity contribution < 1.29 is 28.6 Å². The van der Waals surface area contributed by atoms with E-state index in [1.54, 1.807) is 0 Å². The van der Waals surface area contributed by atoms with Crippen molar-refractivity contribution in [3.8, 4) is 0 Å². The molecule has 462 valence electrons. The number of allylic oxidation sites excluding steroid dienone is 8. The summed E-state index contributed by atoms with van der Waals surface area (Å²) in [6.07, 6.45) is 85.6. The van der Waals surface area contributed by atoms with Gasteiger partial charge in [0.2, 0.25) is 0 Å². The number of carbonyl (C=O) groups excluding carboxylic acids is 3. The summed E-state index contributed by atoms with van der Waals surface area (Å²) in [6, 6.07) is 0. The number of carbonyl (C=O) groups is 3. The highest BCUT2D eigenvalue weighted by Gasteiger charge is 2.19. The maximum absolute atomic E-state index is 12.9. The van der Waals surface area contributed by atoms with Gasteiger partial charge in [-0.3, -0.25) is 14.4 Å². The summed E-state index contributed by atoms with van der Waals surface area (Å²) < 4.78 is 17.0. The van der Waals surface area contributed by atoms with Crippen LogP contribution in [-0.2, 0) is 28.6 Å². The molecule has 0 rings (SSSR count). The fourth-order valence-corrected chi connectivity index (χ4v) is 10.5. The number of esters is 3. The Balaban J connectivity index is 4.26. The summed E-state index contributed by atoms with van der Waals surface area (Å²) >= 11 is 0. The number of unbranched alkanes of at least 4 members (excludes halogenated alkanes) is 46. The molecule has 0 N–H and O–H groups in total. The molecule has 0 spiro atoms. The predicted molar refractivity (Wildman–Crippen MR) is 344 cm³/mol. The Morgan fingerprint density at radius 1 is 0.253 bits per heavy atom. The quantitative estimate of drug-likeness (QED) is 0.0261. The molecule has 0 fully saturated rings. The van der Waals surface area contributed by atoms with Crippen molar-refractivity contribution in [3.63, 3.8) is 0 Å².